The number of carbonyl (C=O) groups excluding carboxylic acids is 1. The Kier molecular flexibility index (Phi) is 6.88. The first kappa shape index (κ1) is 24.9. The van der Waals surface area contributed by atoms with Crippen molar-refractivity contribution >= 4 is 54.2 Å². The van der Waals surface area contributed by atoms with Gasteiger partial charge >= 0.3 is 0 Å². The Balaban J connectivity index is 1.45. The molecule has 0 N–H and O–H groups in total. The van der Waals surface area contributed by atoms with Crippen molar-refractivity contribution in [3.63, 3.8) is 0 Å². The van der Waals surface area contributed by atoms with Gasteiger partial charge in [-0.25, -0.2) is 13.4 Å². The Bertz CT molecular complexity index is 1480. The van der Waals surface area contributed by atoms with Crippen LogP contribution in [0.3, 0.4) is 0 Å². The summed E-state index contributed by atoms with van der Waals surface area (Å²) in [6, 6.07) is 15.0. The molecular weight excluding hydrogens is 522 g/mol. The molecule has 2 aromatic heterocycles. The number of hydrogen-bond donors (Lipinski definition) is 0. The fraction of sp³-hybridized carbons (Fsp3) is 0.280. The summed E-state index contributed by atoms with van der Waals surface area (Å²) >= 11 is 7.65. The number of nitrogens with zero attached hydrogens (tertiary/aromatic N) is 3. The lowest BCUT2D eigenvalue weighted by Gasteiger charge is -2.34. The highest BCUT2D eigenvalue weighted by Gasteiger charge is 2.32. The summed E-state index contributed by atoms with van der Waals surface area (Å²) in [4.78, 5) is 19.9. The van der Waals surface area contributed by atoms with E-state index in [2.05, 4.69) is 4.98 Å². The van der Waals surface area contributed by atoms with E-state index in [-0.39, 0.29) is 42.6 Å². The number of benzene rings is 2. The fourth-order valence-corrected chi connectivity index (χ4v) is 7.06. The van der Waals surface area contributed by atoms with Crippen molar-refractivity contribution in [2.24, 2.45) is 0 Å². The van der Waals surface area contributed by atoms with Crippen LogP contribution >= 0.6 is 22.9 Å². The van der Waals surface area contributed by atoms with E-state index in [4.69, 9.17) is 20.8 Å². The van der Waals surface area contributed by atoms with E-state index in [1.807, 2.05) is 26.0 Å². The van der Waals surface area contributed by atoms with Gasteiger partial charge in [0.05, 0.1) is 39.6 Å². The average Bonchev–Trinajstić information content (AvgIpc) is 3.52. The lowest BCUT2D eigenvalue weighted by Crippen LogP contribution is -2.48. The topological polar surface area (TPSA) is 93.0 Å². The second-order valence-corrected chi connectivity index (χ2v) is 12.0. The molecule has 0 spiro atoms. The molecule has 3 heterocycles. The SMILES string of the molecule is CC1CN(S(=O)(=O)c2ccc(C(=O)N(Cc3ccco3)c3nc4c(Cl)cccc4s3)cc2)CC(C)O1. The average molecular weight is 546 g/mol. The van der Waals surface area contributed by atoms with Gasteiger partial charge in [0.1, 0.15) is 11.3 Å². The molecule has 8 nitrogen and oxygen atoms in total. The summed E-state index contributed by atoms with van der Waals surface area (Å²) in [5.41, 5.74) is 0.946. The van der Waals surface area contributed by atoms with Crippen molar-refractivity contribution < 1.29 is 22.4 Å². The van der Waals surface area contributed by atoms with Gasteiger partial charge in [-0.2, -0.15) is 4.31 Å². The number of rotatable bonds is 6. The highest BCUT2D eigenvalue weighted by molar-refractivity contribution is 7.89. The van der Waals surface area contributed by atoms with Crippen LogP contribution in [-0.4, -0.2) is 48.9 Å². The largest absolute Gasteiger partial charge is 0.467 e. The lowest BCUT2D eigenvalue weighted by atomic mass is 10.2. The Labute approximate surface area is 218 Å². The third kappa shape index (κ3) is 4.91. The minimum Gasteiger partial charge on any atom is -0.467 e. The van der Waals surface area contributed by atoms with Crippen molar-refractivity contribution in [1.29, 1.82) is 0 Å². The molecule has 1 saturated heterocycles. The summed E-state index contributed by atoms with van der Waals surface area (Å²) in [6.07, 6.45) is 1.16. The minimum atomic E-state index is -3.72. The number of sulfonamides is 1. The maximum Gasteiger partial charge on any atom is 0.260 e. The molecule has 0 aliphatic carbocycles. The number of aromatic nitrogens is 1. The van der Waals surface area contributed by atoms with Gasteiger partial charge in [0.15, 0.2) is 5.13 Å². The molecule has 1 amide bonds. The standard InChI is InChI=1S/C25H24ClN3O5S2/c1-16-13-28(14-17(2)34-16)36(31,32)20-10-8-18(9-11-20)24(30)29(15-19-5-4-12-33-19)25-27-23-21(26)6-3-7-22(23)35-25/h3-12,16-17H,13-15H2,1-2H3. The van der Waals surface area contributed by atoms with Crippen molar-refractivity contribution in [3.05, 3.63) is 77.2 Å². The number of ether oxygens (including phenoxy) is 1. The van der Waals surface area contributed by atoms with Crippen molar-refractivity contribution in [1.82, 2.24) is 9.29 Å². The van der Waals surface area contributed by atoms with Gasteiger partial charge in [-0.05, 0) is 62.4 Å². The van der Waals surface area contributed by atoms with Crippen molar-refractivity contribution in [2.45, 2.75) is 37.5 Å². The van der Waals surface area contributed by atoms with E-state index in [0.717, 1.165) is 4.70 Å². The maximum absolute atomic E-state index is 13.6. The predicted molar refractivity (Wildman–Crippen MR) is 139 cm³/mol. The molecule has 2 unspecified atom stereocenters. The first-order valence-corrected chi connectivity index (χ1v) is 14.0. The predicted octanol–water partition coefficient (Wildman–Crippen LogP) is 5.19. The highest BCUT2D eigenvalue weighted by Crippen LogP contribution is 2.34. The number of furan rings is 1. The molecule has 2 aromatic carbocycles. The fourth-order valence-electron chi connectivity index (χ4n) is 4.20. The quantitative estimate of drug-likeness (QED) is 0.331. The van der Waals surface area contributed by atoms with Gasteiger partial charge in [-0.3, -0.25) is 9.69 Å². The molecule has 5 rings (SSSR count). The number of halogens is 1. The summed E-state index contributed by atoms with van der Waals surface area (Å²) in [7, 11) is -3.72. The normalized spacial score (nSPS) is 19.0. The van der Waals surface area contributed by atoms with E-state index in [1.54, 1.807) is 24.5 Å². The number of morpholine rings is 1. The van der Waals surface area contributed by atoms with Gasteiger partial charge in [0, 0.05) is 18.7 Å². The van der Waals surface area contributed by atoms with Crippen LogP contribution in [0.1, 0.15) is 30.0 Å². The number of thiazole rings is 1. The summed E-state index contributed by atoms with van der Waals surface area (Å²) in [5, 5.41) is 0.967. The van der Waals surface area contributed by atoms with E-state index >= 15 is 0 Å². The van der Waals surface area contributed by atoms with Crippen LogP contribution in [0.4, 0.5) is 5.13 Å². The molecule has 0 saturated carbocycles. The lowest BCUT2D eigenvalue weighted by molar-refractivity contribution is -0.0440. The van der Waals surface area contributed by atoms with Crippen molar-refractivity contribution in [2.75, 3.05) is 18.0 Å². The van der Waals surface area contributed by atoms with Crippen molar-refractivity contribution in [3.8, 4) is 0 Å². The molecule has 1 aliphatic rings. The zero-order chi connectivity index (χ0) is 25.4. The van der Waals surface area contributed by atoms with Gasteiger partial charge in [-0.15, -0.1) is 0 Å². The van der Waals surface area contributed by atoms with E-state index in [0.29, 0.717) is 27.0 Å². The maximum atomic E-state index is 13.6. The Morgan fingerprint density at radius 1 is 1.11 bits per heavy atom. The van der Waals surface area contributed by atoms with Crippen LogP contribution in [-0.2, 0) is 21.3 Å². The first-order chi connectivity index (χ1) is 17.2. The number of hydrogen-bond acceptors (Lipinski definition) is 7. The summed E-state index contributed by atoms with van der Waals surface area (Å²) in [6.45, 7) is 4.42. The molecule has 0 radical (unpaired) electrons. The van der Waals surface area contributed by atoms with Gasteiger partial charge < -0.3 is 9.15 Å². The number of amides is 1. The molecule has 36 heavy (non-hydrogen) atoms. The van der Waals surface area contributed by atoms with E-state index < -0.39 is 10.0 Å². The molecule has 1 fully saturated rings. The highest BCUT2D eigenvalue weighted by atomic mass is 35.5. The molecule has 2 atom stereocenters. The van der Waals surface area contributed by atoms with Gasteiger partial charge in [0.25, 0.3) is 5.91 Å². The number of para-hydroxylation sites is 1. The zero-order valence-electron chi connectivity index (χ0n) is 19.6. The summed E-state index contributed by atoms with van der Waals surface area (Å²) in [5.74, 6) is 0.252. The molecule has 1 aliphatic heterocycles. The molecular formula is C25H24ClN3O5S2. The Morgan fingerprint density at radius 3 is 2.47 bits per heavy atom. The number of carbonyl (C=O) groups is 1. The second-order valence-electron chi connectivity index (χ2n) is 8.66. The van der Waals surface area contributed by atoms with E-state index in [1.165, 1.54) is 44.8 Å². The van der Waals surface area contributed by atoms with Gasteiger partial charge in [-0.1, -0.05) is 29.0 Å². The van der Waals surface area contributed by atoms with Crippen LogP contribution in [0.15, 0.2) is 70.2 Å². The molecule has 188 valence electrons. The number of fused-ring (bicyclic) bond motifs is 1. The molecule has 4 aromatic rings. The van der Waals surface area contributed by atoms with Crippen LogP contribution in [0.5, 0.6) is 0 Å². The minimum absolute atomic E-state index is 0.129. The van der Waals surface area contributed by atoms with Crippen LogP contribution in [0.2, 0.25) is 5.02 Å². The number of anilines is 1. The van der Waals surface area contributed by atoms with Crippen LogP contribution in [0.25, 0.3) is 10.2 Å². The monoisotopic (exact) mass is 545 g/mol. The zero-order valence-corrected chi connectivity index (χ0v) is 22.0. The van der Waals surface area contributed by atoms with Gasteiger partial charge in [0.2, 0.25) is 10.0 Å². The summed E-state index contributed by atoms with van der Waals surface area (Å²) < 4.78 is 39.8. The third-order valence-corrected chi connectivity index (χ3v) is 9.05. The first-order valence-electron chi connectivity index (χ1n) is 11.4. The van der Waals surface area contributed by atoms with Crippen LogP contribution < -0.4 is 4.90 Å². The third-order valence-electron chi connectivity index (χ3n) is 5.85. The molecule has 0 bridgehead atoms. The van der Waals surface area contributed by atoms with Crippen LogP contribution in [0, 0.1) is 0 Å². The van der Waals surface area contributed by atoms with E-state index in [9.17, 15) is 13.2 Å². The molecule has 11 heteroatoms. The Hall–Kier alpha value is -2.76. The Morgan fingerprint density at radius 2 is 1.83 bits per heavy atom. The second kappa shape index (κ2) is 9.95. The smallest absolute Gasteiger partial charge is 0.260 e.